The van der Waals surface area contributed by atoms with Crippen molar-refractivity contribution in [2.75, 3.05) is 17.7 Å². The molecule has 0 aromatic heterocycles. The zero-order valence-corrected chi connectivity index (χ0v) is 16.0. The Morgan fingerprint density at radius 2 is 1.46 bits per heavy atom. The second-order valence-corrected chi connectivity index (χ2v) is 7.70. The molecule has 3 N–H and O–H groups in total. The summed E-state index contributed by atoms with van der Waals surface area (Å²) in [6, 6.07) is 17.4. The summed E-state index contributed by atoms with van der Waals surface area (Å²) < 4.78 is 0. The van der Waals surface area contributed by atoms with Crippen molar-refractivity contribution in [1.29, 1.82) is 0 Å². The molecule has 2 atom stereocenters. The third kappa shape index (κ3) is 4.17. The normalized spacial score (nSPS) is 23.1. The molecule has 2 aromatic rings. The maximum atomic E-state index is 12.9. The first-order valence-electron chi connectivity index (χ1n) is 9.85. The highest BCUT2D eigenvalue weighted by atomic mass is 16.2. The van der Waals surface area contributed by atoms with Gasteiger partial charge in [-0.1, -0.05) is 18.2 Å². The molecule has 6 nitrogen and oxygen atoms in total. The monoisotopic (exact) mass is 378 g/mol. The van der Waals surface area contributed by atoms with Crippen LogP contribution in [0.25, 0.3) is 0 Å². The zero-order valence-electron chi connectivity index (χ0n) is 16.0. The zero-order chi connectivity index (χ0) is 19.5. The minimum Gasteiger partial charge on any atom is -0.339 e. The highest BCUT2D eigenvalue weighted by Gasteiger charge is 2.36. The van der Waals surface area contributed by atoms with E-state index in [-0.39, 0.29) is 11.9 Å². The number of carbonyl (C=O) groups excluding carboxylic acids is 2. The van der Waals surface area contributed by atoms with Gasteiger partial charge in [0, 0.05) is 42.1 Å². The van der Waals surface area contributed by atoms with Gasteiger partial charge in [0.05, 0.1) is 0 Å². The fourth-order valence-electron chi connectivity index (χ4n) is 4.22. The molecular weight excluding hydrogens is 352 g/mol. The van der Waals surface area contributed by atoms with Gasteiger partial charge in [0.1, 0.15) is 0 Å². The second kappa shape index (κ2) is 8.02. The maximum absolute atomic E-state index is 12.9. The minimum absolute atomic E-state index is 0.0339. The molecule has 28 heavy (non-hydrogen) atoms. The molecule has 146 valence electrons. The van der Waals surface area contributed by atoms with Gasteiger partial charge in [-0.2, -0.15) is 0 Å². The van der Waals surface area contributed by atoms with Crippen LogP contribution in [0.3, 0.4) is 0 Å². The number of anilines is 2. The van der Waals surface area contributed by atoms with E-state index in [1.165, 1.54) is 12.8 Å². The van der Waals surface area contributed by atoms with Crippen molar-refractivity contribution in [3.05, 3.63) is 60.2 Å². The summed E-state index contributed by atoms with van der Waals surface area (Å²) in [5, 5.41) is 9.17. The number of piperidine rings is 1. The molecule has 2 aliphatic heterocycles. The first kappa shape index (κ1) is 18.5. The third-order valence-corrected chi connectivity index (χ3v) is 5.74. The standard InChI is InChI=1S/C22H26N4O2/c1-26(20-13-18-11-12-19(14-20)23-18)21(27)15-7-9-17(10-8-15)25-22(28)24-16-5-3-2-4-6-16/h2-10,18-20,23H,11-14H2,1H3,(H2,24,25,28). The van der Waals surface area contributed by atoms with E-state index in [0.717, 1.165) is 18.5 Å². The smallest absolute Gasteiger partial charge is 0.323 e. The summed E-state index contributed by atoms with van der Waals surface area (Å²) in [4.78, 5) is 26.8. The van der Waals surface area contributed by atoms with Crippen LogP contribution in [-0.4, -0.2) is 42.0 Å². The molecule has 0 saturated carbocycles. The van der Waals surface area contributed by atoms with Gasteiger partial charge in [0.2, 0.25) is 0 Å². The summed E-state index contributed by atoms with van der Waals surface area (Å²) >= 11 is 0. The Balaban J connectivity index is 1.34. The summed E-state index contributed by atoms with van der Waals surface area (Å²) in [6.45, 7) is 0. The molecule has 2 fully saturated rings. The number of nitrogens with one attached hydrogen (secondary N) is 3. The molecule has 2 aliphatic rings. The first-order chi connectivity index (χ1) is 13.6. The number of benzene rings is 2. The highest BCUT2D eigenvalue weighted by Crippen LogP contribution is 2.30. The van der Waals surface area contributed by atoms with E-state index in [1.807, 2.05) is 42.3 Å². The van der Waals surface area contributed by atoms with Crippen molar-refractivity contribution in [2.45, 2.75) is 43.8 Å². The fourth-order valence-corrected chi connectivity index (χ4v) is 4.22. The van der Waals surface area contributed by atoms with Crippen molar-refractivity contribution < 1.29 is 9.59 Å². The number of carbonyl (C=O) groups is 2. The Kier molecular flexibility index (Phi) is 5.30. The van der Waals surface area contributed by atoms with E-state index in [9.17, 15) is 9.59 Å². The molecule has 2 bridgehead atoms. The van der Waals surface area contributed by atoms with Gasteiger partial charge in [-0.3, -0.25) is 4.79 Å². The van der Waals surface area contributed by atoms with Crippen LogP contribution >= 0.6 is 0 Å². The molecule has 0 radical (unpaired) electrons. The Hall–Kier alpha value is -2.86. The van der Waals surface area contributed by atoms with Crippen molar-refractivity contribution >= 4 is 23.3 Å². The third-order valence-electron chi connectivity index (χ3n) is 5.74. The number of fused-ring (bicyclic) bond motifs is 2. The molecule has 2 saturated heterocycles. The van der Waals surface area contributed by atoms with Crippen LogP contribution in [0.5, 0.6) is 0 Å². The number of amides is 3. The summed E-state index contributed by atoms with van der Waals surface area (Å²) in [5.41, 5.74) is 2.01. The van der Waals surface area contributed by atoms with Gasteiger partial charge in [-0.05, 0) is 62.1 Å². The molecule has 6 heteroatoms. The first-order valence-corrected chi connectivity index (χ1v) is 9.85. The summed E-state index contributed by atoms with van der Waals surface area (Å²) in [7, 11) is 1.90. The van der Waals surface area contributed by atoms with Crippen LogP contribution in [0.1, 0.15) is 36.0 Å². The van der Waals surface area contributed by atoms with Gasteiger partial charge < -0.3 is 20.9 Å². The average molecular weight is 378 g/mol. The topological polar surface area (TPSA) is 73.5 Å². The lowest BCUT2D eigenvalue weighted by atomic mass is 9.98. The maximum Gasteiger partial charge on any atom is 0.323 e. The van der Waals surface area contributed by atoms with E-state index in [2.05, 4.69) is 16.0 Å². The lowest BCUT2D eigenvalue weighted by Gasteiger charge is -2.35. The van der Waals surface area contributed by atoms with Crippen molar-refractivity contribution in [2.24, 2.45) is 0 Å². The van der Waals surface area contributed by atoms with Gasteiger partial charge in [-0.15, -0.1) is 0 Å². The van der Waals surface area contributed by atoms with Gasteiger partial charge >= 0.3 is 6.03 Å². The van der Waals surface area contributed by atoms with E-state index in [1.54, 1.807) is 24.3 Å². The largest absolute Gasteiger partial charge is 0.339 e. The number of nitrogens with zero attached hydrogens (tertiary/aromatic N) is 1. The second-order valence-electron chi connectivity index (χ2n) is 7.70. The highest BCUT2D eigenvalue weighted by molar-refractivity contribution is 6.00. The molecule has 4 rings (SSSR count). The Bertz CT molecular complexity index is 825. The van der Waals surface area contributed by atoms with E-state index in [4.69, 9.17) is 0 Å². The molecule has 2 aromatic carbocycles. The number of hydrogen-bond donors (Lipinski definition) is 3. The van der Waals surface area contributed by atoms with Crippen LogP contribution in [0, 0.1) is 0 Å². The van der Waals surface area contributed by atoms with Crippen LogP contribution < -0.4 is 16.0 Å². The average Bonchev–Trinajstić information content (AvgIpc) is 3.05. The van der Waals surface area contributed by atoms with Gasteiger partial charge in [0.15, 0.2) is 0 Å². The van der Waals surface area contributed by atoms with E-state index in [0.29, 0.717) is 29.4 Å². The predicted octanol–water partition coefficient (Wildman–Crippen LogP) is 3.69. The summed E-state index contributed by atoms with van der Waals surface area (Å²) in [5.74, 6) is 0.0339. The Labute approximate surface area is 165 Å². The lowest BCUT2D eigenvalue weighted by molar-refractivity contribution is 0.0681. The van der Waals surface area contributed by atoms with Gasteiger partial charge in [-0.25, -0.2) is 4.79 Å². The van der Waals surface area contributed by atoms with Crippen molar-refractivity contribution in [3.8, 4) is 0 Å². The van der Waals surface area contributed by atoms with Crippen LogP contribution in [0.2, 0.25) is 0 Å². The summed E-state index contributed by atoms with van der Waals surface area (Å²) in [6.07, 6.45) is 4.49. The van der Waals surface area contributed by atoms with Gasteiger partial charge in [0.25, 0.3) is 5.91 Å². The van der Waals surface area contributed by atoms with Crippen LogP contribution in [-0.2, 0) is 0 Å². The molecule has 2 heterocycles. The predicted molar refractivity (Wildman–Crippen MR) is 111 cm³/mol. The van der Waals surface area contributed by atoms with E-state index >= 15 is 0 Å². The fraction of sp³-hybridized carbons (Fsp3) is 0.364. The number of rotatable bonds is 4. The molecular formula is C22H26N4O2. The number of hydrogen-bond acceptors (Lipinski definition) is 3. The van der Waals surface area contributed by atoms with Crippen molar-refractivity contribution in [1.82, 2.24) is 10.2 Å². The van der Waals surface area contributed by atoms with E-state index < -0.39 is 0 Å². The lowest BCUT2D eigenvalue weighted by Crippen LogP contribution is -2.48. The molecule has 0 aliphatic carbocycles. The number of para-hydroxylation sites is 1. The van der Waals surface area contributed by atoms with Crippen LogP contribution in [0.15, 0.2) is 54.6 Å². The molecule has 2 unspecified atom stereocenters. The quantitative estimate of drug-likeness (QED) is 0.760. The Morgan fingerprint density at radius 3 is 2.07 bits per heavy atom. The molecule has 3 amide bonds. The number of urea groups is 1. The minimum atomic E-state index is -0.312. The van der Waals surface area contributed by atoms with Crippen LogP contribution in [0.4, 0.5) is 16.2 Å². The molecule has 0 spiro atoms. The Morgan fingerprint density at radius 1 is 0.893 bits per heavy atom. The SMILES string of the molecule is CN(C(=O)c1ccc(NC(=O)Nc2ccccc2)cc1)C1CC2CCC(C1)N2. The van der Waals surface area contributed by atoms with Crippen molar-refractivity contribution in [3.63, 3.8) is 0 Å².